The molecule has 0 bridgehead atoms. The molecule has 1 N–H and O–H groups in total. The number of likely N-dealkylation sites (tertiary alicyclic amines) is 2. The summed E-state index contributed by atoms with van der Waals surface area (Å²) < 4.78 is 0. The van der Waals surface area contributed by atoms with Crippen LogP contribution in [0.5, 0.6) is 0 Å². The van der Waals surface area contributed by atoms with Crippen LogP contribution >= 0.6 is 0 Å². The summed E-state index contributed by atoms with van der Waals surface area (Å²) >= 11 is 0. The molecule has 2 amide bonds. The maximum absolute atomic E-state index is 12.7. The van der Waals surface area contributed by atoms with Gasteiger partial charge in [0, 0.05) is 32.6 Å². The number of carbonyl (C=O) groups excluding carboxylic acids is 2. The fraction of sp³-hybridized carbons (Fsp3) is 0.591. The third-order valence-electron chi connectivity index (χ3n) is 5.87. The number of piperidine rings is 1. The second kappa shape index (κ2) is 9.71. The topological polar surface area (TPSA) is 77.9 Å². The molecule has 2 unspecified atom stereocenters. The first-order valence-electron chi connectivity index (χ1n) is 10.4. The number of amides is 2. The maximum Gasteiger partial charge on any atom is 0.308 e. The molecule has 2 aliphatic rings. The molecule has 3 rings (SSSR count). The van der Waals surface area contributed by atoms with Gasteiger partial charge in [-0.25, -0.2) is 0 Å². The third kappa shape index (κ3) is 5.33. The highest BCUT2D eigenvalue weighted by molar-refractivity contribution is 5.83. The van der Waals surface area contributed by atoms with Gasteiger partial charge in [0.1, 0.15) is 0 Å². The van der Waals surface area contributed by atoms with Crippen molar-refractivity contribution in [1.29, 1.82) is 0 Å². The van der Waals surface area contributed by atoms with Crippen molar-refractivity contribution in [3.63, 3.8) is 0 Å². The number of aliphatic carboxylic acids is 1. The van der Waals surface area contributed by atoms with Crippen LogP contribution in [0.1, 0.15) is 44.1 Å². The standard InChI is InChI=1S/C22H30N2O4/c25-20(11-5-4-10-17-8-2-1-3-9-17)24-15-18(14-19(16-24)22(27)28)21(26)23-12-6-7-13-23/h1-3,8-9,18-19H,4-7,10-16H2,(H,27,28). The van der Waals surface area contributed by atoms with Crippen LogP contribution in [-0.4, -0.2) is 58.9 Å². The second-order valence-electron chi connectivity index (χ2n) is 7.99. The van der Waals surface area contributed by atoms with Gasteiger partial charge in [0.2, 0.25) is 11.8 Å². The zero-order valence-corrected chi connectivity index (χ0v) is 16.4. The molecule has 0 aromatic heterocycles. The molecule has 0 radical (unpaired) electrons. The molecular formula is C22H30N2O4. The maximum atomic E-state index is 12.7. The van der Waals surface area contributed by atoms with Gasteiger partial charge in [-0.1, -0.05) is 30.3 Å². The number of rotatable bonds is 7. The predicted octanol–water partition coefficient (Wildman–Crippen LogP) is 2.57. The normalized spacial score (nSPS) is 22.3. The first-order chi connectivity index (χ1) is 13.5. The molecule has 1 aromatic carbocycles. The van der Waals surface area contributed by atoms with Crippen molar-refractivity contribution in [2.24, 2.45) is 11.8 Å². The fourth-order valence-corrected chi connectivity index (χ4v) is 4.26. The molecule has 0 saturated carbocycles. The summed E-state index contributed by atoms with van der Waals surface area (Å²) in [6.07, 6.45) is 5.37. The van der Waals surface area contributed by atoms with Crippen molar-refractivity contribution in [3.8, 4) is 0 Å². The number of aryl methyl sites for hydroxylation is 1. The van der Waals surface area contributed by atoms with Crippen molar-refractivity contribution in [3.05, 3.63) is 35.9 Å². The third-order valence-corrected chi connectivity index (χ3v) is 5.87. The highest BCUT2D eigenvalue weighted by Crippen LogP contribution is 2.26. The van der Waals surface area contributed by atoms with Gasteiger partial charge in [-0.15, -0.1) is 0 Å². The fourth-order valence-electron chi connectivity index (χ4n) is 4.26. The van der Waals surface area contributed by atoms with Crippen LogP contribution in [0, 0.1) is 11.8 Å². The summed E-state index contributed by atoms with van der Waals surface area (Å²) in [6, 6.07) is 10.2. The lowest BCUT2D eigenvalue weighted by molar-refractivity contribution is -0.150. The summed E-state index contributed by atoms with van der Waals surface area (Å²) in [7, 11) is 0. The summed E-state index contributed by atoms with van der Waals surface area (Å²) in [4.78, 5) is 40.4. The van der Waals surface area contributed by atoms with Crippen LogP contribution in [-0.2, 0) is 20.8 Å². The van der Waals surface area contributed by atoms with Gasteiger partial charge >= 0.3 is 5.97 Å². The van der Waals surface area contributed by atoms with Gasteiger partial charge in [-0.3, -0.25) is 14.4 Å². The molecule has 0 spiro atoms. The van der Waals surface area contributed by atoms with E-state index in [2.05, 4.69) is 12.1 Å². The largest absolute Gasteiger partial charge is 0.481 e. The minimum absolute atomic E-state index is 0.0188. The first kappa shape index (κ1) is 20.4. The average molecular weight is 386 g/mol. The highest BCUT2D eigenvalue weighted by atomic mass is 16.4. The molecule has 2 heterocycles. The number of carboxylic acid groups (broad SMARTS) is 1. The molecule has 2 aliphatic heterocycles. The van der Waals surface area contributed by atoms with Crippen LogP contribution in [0.3, 0.4) is 0 Å². The average Bonchev–Trinajstić information content (AvgIpc) is 3.25. The van der Waals surface area contributed by atoms with Gasteiger partial charge < -0.3 is 14.9 Å². The Morgan fingerprint density at radius 1 is 0.929 bits per heavy atom. The Morgan fingerprint density at radius 2 is 1.61 bits per heavy atom. The summed E-state index contributed by atoms with van der Waals surface area (Å²) in [5.74, 6) is -1.97. The zero-order valence-electron chi connectivity index (χ0n) is 16.4. The Bertz CT molecular complexity index is 685. The SMILES string of the molecule is O=C(O)C1CC(C(=O)N2CCCC2)CN(C(=O)CCCCc2ccccc2)C1. The van der Waals surface area contributed by atoms with Crippen molar-refractivity contribution >= 4 is 17.8 Å². The van der Waals surface area contributed by atoms with E-state index in [0.29, 0.717) is 19.4 Å². The zero-order chi connectivity index (χ0) is 19.9. The lowest BCUT2D eigenvalue weighted by atomic mass is 9.88. The van der Waals surface area contributed by atoms with E-state index < -0.39 is 11.9 Å². The Balaban J connectivity index is 1.52. The van der Waals surface area contributed by atoms with Crippen LogP contribution in [0.25, 0.3) is 0 Å². The summed E-state index contributed by atoms with van der Waals surface area (Å²) in [5, 5.41) is 9.48. The monoisotopic (exact) mass is 386 g/mol. The number of benzene rings is 1. The second-order valence-corrected chi connectivity index (χ2v) is 7.99. The van der Waals surface area contributed by atoms with Crippen LogP contribution < -0.4 is 0 Å². The number of carboxylic acids is 1. The minimum Gasteiger partial charge on any atom is -0.481 e. The van der Waals surface area contributed by atoms with Gasteiger partial charge in [-0.2, -0.15) is 0 Å². The van der Waals surface area contributed by atoms with E-state index in [9.17, 15) is 19.5 Å². The van der Waals surface area contributed by atoms with E-state index in [-0.39, 0.29) is 24.3 Å². The molecular weight excluding hydrogens is 356 g/mol. The molecule has 1 aromatic rings. The molecule has 0 aliphatic carbocycles. The summed E-state index contributed by atoms with van der Waals surface area (Å²) in [6.45, 7) is 2.08. The van der Waals surface area contributed by atoms with E-state index in [0.717, 1.165) is 45.2 Å². The molecule has 152 valence electrons. The Morgan fingerprint density at radius 3 is 2.29 bits per heavy atom. The van der Waals surface area contributed by atoms with E-state index in [1.807, 2.05) is 23.1 Å². The highest BCUT2D eigenvalue weighted by Gasteiger charge is 2.38. The van der Waals surface area contributed by atoms with Gasteiger partial charge in [0.05, 0.1) is 11.8 Å². The quantitative estimate of drug-likeness (QED) is 0.731. The number of carbonyl (C=O) groups is 3. The minimum atomic E-state index is -0.916. The number of hydrogen-bond acceptors (Lipinski definition) is 3. The number of nitrogens with zero attached hydrogens (tertiary/aromatic N) is 2. The van der Waals surface area contributed by atoms with Crippen LogP contribution in [0.2, 0.25) is 0 Å². The van der Waals surface area contributed by atoms with Gasteiger partial charge in [-0.05, 0) is 44.1 Å². The predicted molar refractivity (Wildman–Crippen MR) is 106 cm³/mol. The van der Waals surface area contributed by atoms with Crippen molar-refractivity contribution in [2.75, 3.05) is 26.2 Å². The van der Waals surface area contributed by atoms with Crippen molar-refractivity contribution in [1.82, 2.24) is 9.80 Å². The van der Waals surface area contributed by atoms with E-state index in [4.69, 9.17) is 0 Å². The molecule has 28 heavy (non-hydrogen) atoms. The number of unbranched alkanes of at least 4 members (excludes halogenated alkanes) is 1. The van der Waals surface area contributed by atoms with Gasteiger partial charge in [0.25, 0.3) is 0 Å². The molecule has 2 atom stereocenters. The van der Waals surface area contributed by atoms with Crippen molar-refractivity contribution in [2.45, 2.75) is 44.9 Å². The molecule has 6 nitrogen and oxygen atoms in total. The van der Waals surface area contributed by atoms with Crippen LogP contribution in [0.4, 0.5) is 0 Å². The number of hydrogen-bond donors (Lipinski definition) is 1. The lowest BCUT2D eigenvalue weighted by Crippen LogP contribution is -2.50. The molecule has 2 fully saturated rings. The first-order valence-corrected chi connectivity index (χ1v) is 10.4. The smallest absolute Gasteiger partial charge is 0.308 e. The van der Waals surface area contributed by atoms with E-state index in [1.54, 1.807) is 4.90 Å². The van der Waals surface area contributed by atoms with Gasteiger partial charge in [0.15, 0.2) is 0 Å². The van der Waals surface area contributed by atoms with E-state index in [1.165, 1.54) is 5.56 Å². The van der Waals surface area contributed by atoms with E-state index >= 15 is 0 Å². The molecule has 6 heteroatoms. The van der Waals surface area contributed by atoms with Crippen LogP contribution in [0.15, 0.2) is 30.3 Å². The Labute approximate surface area is 166 Å². The lowest BCUT2D eigenvalue weighted by Gasteiger charge is -2.37. The Kier molecular flexibility index (Phi) is 7.06. The Hall–Kier alpha value is -2.37. The van der Waals surface area contributed by atoms with Crippen molar-refractivity contribution < 1.29 is 19.5 Å². The molecule has 2 saturated heterocycles. The summed E-state index contributed by atoms with van der Waals surface area (Å²) in [5.41, 5.74) is 1.26.